The highest BCUT2D eigenvalue weighted by molar-refractivity contribution is 5.96. The van der Waals surface area contributed by atoms with Gasteiger partial charge in [0, 0.05) is 11.7 Å². The van der Waals surface area contributed by atoms with Gasteiger partial charge in [0.15, 0.2) is 0 Å². The molecule has 3 N–H and O–H groups in total. The van der Waals surface area contributed by atoms with Crippen molar-refractivity contribution < 1.29 is 9.53 Å². The first-order valence-electron chi connectivity index (χ1n) is 6.33. The maximum absolute atomic E-state index is 12.2. The molecule has 0 bridgehead atoms. The summed E-state index contributed by atoms with van der Waals surface area (Å²) in [5.74, 6) is 0.516. The predicted octanol–water partition coefficient (Wildman–Crippen LogP) is 1.94. The first-order valence-corrected chi connectivity index (χ1v) is 6.33. The number of benzene rings is 1. The summed E-state index contributed by atoms with van der Waals surface area (Å²) in [7, 11) is 3.48. The molecule has 0 saturated heterocycles. The minimum Gasteiger partial charge on any atom is -0.495 e. The third kappa shape index (κ3) is 3.86. The van der Waals surface area contributed by atoms with E-state index in [0.29, 0.717) is 23.2 Å². The van der Waals surface area contributed by atoms with E-state index in [9.17, 15) is 4.79 Å². The Bertz CT molecular complexity index is 446. The Morgan fingerprint density at radius 3 is 2.53 bits per heavy atom. The number of ether oxygens (including phenoxy) is 1. The van der Waals surface area contributed by atoms with Crippen LogP contribution in [-0.2, 0) is 4.79 Å². The van der Waals surface area contributed by atoms with Gasteiger partial charge in [-0.25, -0.2) is 0 Å². The minimum absolute atomic E-state index is 0.0832. The molecule has 1 rings (SSSR count). The SMILES string of the molecule is COc1ccc(N)cc1NC(=O)C(C)N(C)C(C)C. The third-order valence-electron chi connectivity index (χ3n) is 3.29. The van der Waals surface area contributed by atoms with Crippen molar-refractivity contribution >= 4 is 17.3 Å². The Morgan fingerprint density at radius 1 is 1.37 bits per heavy atom. The lowest BCUT2D eigenvalue weighted by Gasteiger charge is -2.27. The molecule has 1 atom stereocenters. The first-order chi connectivity index (χ1) is 8.86. The van der Waals surface area contributed by atoms with Gasteiger partial charge in [-0.3, -0.25) is 9.69 Å². The summed E-state index contributed by atoms with van der Waals surface area (Å²) in [6.45, 7) is 5.96. The van der Waals surface area contributed by atoms with E-state index in [4.69, 9.17) is 10.5 Å². The van der Waals surface area contributed by atoms with Crippen molar-refractivity contribution in [2.45, 2.75) is 32.9 Å². The number of nitrogen functional groups attached to an aromatic ring is 1. The molecule has 1 amide bonds. The standard InChI is InChI=1S/C14H23N3O2/c1-9(2)17(4)10(3)14(18)16-12-8-11(15)6-7-13(12)19-5/h6-10H,15H2,1-5H3,(H,16,18). The van der Waals surface area contributed by atoms with Crippen LogP contribution in [0, 0.1) is 0 Å². The molecule has 0 aliphatic carbocycles. The van der Waals surface area contributed by atoms with Gasteiger partial charge in [-0.15, -0.1) is 0 Å². The van der Waals surface area contributed by atoms with Crippen molar-refractivity contribution in [1.29, 1.82) is 0 Å². The van der Waals surface area contributed by atoms with Gasteiger partial charge < -0.3 is 15.8 Å². The molecule has 1 unspecified atom stereocenters. The van der Waals surface area contributed by atoms with E-state index >= 15 is 0 Å². The van der Waals surface area contributed by atoms with Gasteiger partial charge in [0.05, 0.1) is 18.8 Å². The largest absolute Gasteiger partial charge is 0.495 e. The number of rotatable bonds is 5. The third-order valence-corrected chi connectivity index (χ3v) is 3.29. The summed E-state index contributed by atoms with van der Waals surface area (Å²) >= 11 is 0. The topological polar surface area (TPSA) is 67.6 Å². The lowest BCUT2D eigenvalue weighted by atomic mass is 10.2. The van der Waals surface area contributed by atoms with Crippen LogP contribution in [0.3, 0.4) is 0 Å². The summed E-state index contributed by atoms with van der Waals surface area (Å²) < 4.78 is 5.20. The second-order valence-electron chi connectivity index (χ2n) is 4.88. The zero-order valence-corrected chi connectivity index (χ0v) is 12.2. The Morgan fingerprint density at radius 2 is 2.00 bits per heavy atom. The smallest absolute Gasteiger partial charge is 0.241 e. The van der Waals surface area contributed by atoms with E-state index in [2.05, 4.69) is 5.32 Å². The highest BCUT2D eigenvalue weighted by Crippen LogP contribution is 2.26. The van der Waals surface area contributed by atoms with Crippen molar-refractivity contribution in [3.63, 3.8) is 0 Å². The molecular formula is C14H23N3O2. The molecule has 1 aromatic carbocycles. The van der Waals surface area contributed by atoms with E-state index < -0.39 is 0 Å². The fourth-order valence-corrected chi connectivity index (χ4v) is 1.69. The number of carbonyl (C=O) groups excluding carboxylic acids is 1. The summed E-state index contributed by atoms with van der Waals surface area (Å²) in [6, 6.07) is 5.23. The predicted molar refractivity (Wildman–Crippen MR) is 78.4 cm³/mol. The molecule has 0 radical (unpaired) electrons. The van der Waals surface area contributed by atoms with Crippen LogP contribution in [0.2, 0.25) is 0 Å². The number of nitrogens with zero attached hydrogens (tertiary/aromatic N) is 1. The zero-order valence-electron chi connectivity index (χ0n) is 12.2. The second kappa shape index (κ2) is 6.43. The maximum Gasteiger partial charge on any atom is 0.241 e. The van der Waals surface area contributed by atoms with E-state index in [1.165, 1.54) is 0 Å². The number of hydrogen-bond acceptors (Lipinski definition) is 4. The second-order valence-corrected chi connectivity index (χ2v) is 4.88. The summed E-state index contributed by atoms with van der Waals surface area (Å²) in [5, 5.41) is 2.85. The van der Waals surface area contributed by atoms with Gasteiger partial charge in [0.25, 0.3) is 0 Å². The van der Waals surface area contributed by atoms with Gasteiger partial charge in [-0.1, -0.05) is 0 Å². The first kappa shape index (κ1) is 15.3. The monoisotopic (exact) mass is 265 g/mol. The summed E-state index contributed by atoms with van der Waals surface area (Å²) in [5.41, 5.74) is 6.90. The van der Waals surface area contributed by atoms with Crippen molar-refractivity contribution in [3.8, 4) is 5.75 Å². The van der Waals surface area contributed by atoms with Gasteiger partial charge in [0.2, 0.25) is 5.91 Å². The van der Waals surface area contributed by atoms with Gasteiger partial charge >= 0.3 is 0 Å². The molecule has 0 saturated carbocycles. The van der Waals surface area contributed by atoms with Crippen molar-refractivity contribution in [2.75, 3.05) is 25.2 Å². The van der Waals surface area contributed by atoms with Crippen LogP contribution < -0.4 is 15.8 Å². The van der Waals surface area contributed by atoms with Gasteiger partial charge in [-0.05, 0) is 46.0 Å². The Balaban J connectivity index is 2.84. The summed E-state index contributed by atoms with van der Waals surface area (Å²) in [4.78, 5) is 14.2. The lowest BCUT2D eigenvalue weighted by molar-refractivity contribution is -0.120. The molecule has 5 heteroatoms. The average Bonchev–Trinajstić information content (AvgIpc) is 2.37. The number of methoxy groups -OCH3 is 1. The number of nitrogens with two attached hydrogens (primary N) is 1. The van der Waals surface area contributed by atoms with Crippen LogP contribution in [0.1, 0.15) is 20.8 Å². The lowest BCUT2D eigenvalue weighted by Crippen LogP contribution is -2.43. The van der Waals surface area contributed by atoms with E-state index in [1.54, 1.807) is 25.3 Å². The van der Waals surface area contributed by atoms with Gasteiger partial charge in [0.1, 0.15) is 5.75 Å². The fourth-order valence-electron chi connectivity index (χ4n) is 1.69. The highest BCUT2D eigenvalue weighted by Gasteiger charge is 2.21. The van der Waals surface area contributed by atoms with E-state index in [0.717, 1.165) is 0 Å². The number of carbonyl (C=O) groups is 1. The maximum atomic E-state index is 12.2. The number of hydrogen-bond donors (Lipinski definition) is 2. The molecule has 1 aromatic rings. The average molecular weight is 265 g/mol. The van der Waals surface area contributed by atoms with E-state index in [1.807, 2.05) is 32.7 Å². The highest BCUT2D eigenvalue weighted by atomic mass is 16.5. The van der Waals surface area contributed by atoms with Crippen LogP contribution in [-0.4, -0.2) is 37.0 Å². The van der Waals surface area contributed by atoms with E-state index in [-0.39, 0.29) is 11.9 Å². The normalized spacial score (nSPS) is 12.6. The molecular weight excluding hydrogens is 242 g/mol. The van der Waals surface area contributed by atoms with Crippen molar-refractivity contribution in [3.05, 3.63) is 18.2 Å². The Hall–Kier alpha value is -1.75. The molecule has 5 nitrogen and oxygen atoms in total. The van der Waals surface area contributed by atoms with Crippen LogP contribution in [0.25, 0.3) is 0 Å². The molecule has 0 aromatic heterocycles. The van der Waals surface area contributed by atoms with Crippen molar-refractivity contribution in [2.24, 2.45) is 0 Å². The number of likely N-dealkylation sites (N-methyl/N-ethyl adjacent to an activating group) is 1. The quantitative estimate of drug-likeness (QED) is 0.798. The van der Waals surface area contributed by atoms with Crippen LogP contribution in [0.4, 0.5) is 11.4 Å². The van der Waals surface area contributed by atoms with Crippen LogP contribution in [0.5, 0.6) is 5.75 Å². The molecule has 0 aliphatic rings. The Labute approximate surface area is 114 Å². The number of amides is 1. The zero-order chi connectivity index (χ0) is 14.6. The molecule has 19 heavy (non-hydrogen) atoms. The molecule has 106 valence electrons. The fraction of sp³-hybridized carbons (Fsp3) is 0.500. The molecule has 0 aliphatic heterocycles. The van der Waals surface area contributed by atoms with Crippen LogP contribution in [0.15, 0.2) is 18.2 Å². The van der Waals surface area contributed by atoms with Crippen molar-refractivity contribution in [1.82, 2.24) is 4.90 Å². The molecule has 0 fully saturated rings. The minimum atomic E-state index is -0.230. The number of anilines is 2. The molecule has 0 heterocycles. The summed E-state index contributed by atoms with van der Waals surface area (Å²) in [6.07, 6.45) is 0. The Kier molecular flexibility index (Phi) is 5.18. The number of nitrogens with one attached hydrogen (secondary N) is 1. The molecule has 0 spiro atoms. The van der Waals surface area contributed by atoms with Gasteiger partial charge in [-0.2, -0.15) is 0 Å². The van der Waals surface area contributed by atoms with Crippen LogP contribution >= 0.6 is 0 Å².